The van der Waals surface area contributed by atoms with Crippen molar-refractivity contribution in [2.24, 2.45) is 0 Å². The van der Waals surface area contributed by atoms with Crippen molar-refractivity contribution in [2.45, 2.75) is 6.61 Å². The summed E-state index contributed by atoms with van der Waals surface area (Å²) < 4.78 is 15.6. The van der Waals surface area contributed by atoms with E-state index in [1.54, 1.807) is 32.4 Å². The zero-order chi connectivity index (χ0) is 15.8. The Bertz CT molecular complexity index is 647. The molecule has 0 aliphatic rings. The molecule has 0 heterocycles. The summed E-state index contributed by atoms with van der Waals surface area (Å²) in [6, 6.07) is 15.0. The van der Waals surface area contributed by atoms with Gasteiger partial charge >= 0.3 is 5.97 Å². The maximum Gasteiger partial charge on any atom is 0.331 e. The number of ether oxygens (including phenoxy) is 3. The molecule has 2 aromatic rings. The molecule has 0 spiro atoms. The second-order valence-electron chi connectivity index (χ2n) is 4.54. The summed E-state index contributed by atoms with van der Waals surface area (Å²) in [5, 5.41) is 0. The van der Waals surface area contributed by atoms with Gasteiger partial charge in [-0.1, -0.05) is 36.4 Å². The molecule has 0 saturated carbocycles. The van der Waals surface area contributed by atoms with Crippen molar-refractivity contribution in [3.8, 4) is 11.5 Å². The molecule has 0 saturated heterocycles. The van der Waals surface area contributed by atoms with Crippen LogP contribution in [0.4, 0.5) is 0 Å². The summed E-state index contributed by atoms with van der Waals surface area (Å²) in [6.07, 6.45) is 3.13. The van der Waals surface area contributed by atoms with Crippen LogP contribution >= 0.6 is 0 Å². The lowest BCUT2D eigenvalue weighted by Gasteiger charge is -2.09. The molecule has 0 aliphatic carbocycles. The van der Waals surface area contributed by atoms with E-state index < -0.39 is 5.97 Å². The zero-order valence-corrected chi connectivity index (χ0v) is 12.6. The second kappa shape index (κ2) is 7.88. The molecular formula is C18H18O4. The van der Waals surface area contributed by atoms with Crippen LogP contribution in [0.25, 0.3) is 6.08 Å². The summed E-state index contributed by atoms with van der Waals surface area (Å²) in [4.78, 5) is 11.7. The molecule has 2 aromatic carbocycles. The summed E-state index contributed by atoms with van der Waals surface area (Å²) in [7, 11) is 3.14. The first-order chi connectivity index (χ1) is 10.7. The SMILES string of the molecule is COc1ccc(COC(=O)/C=C/c2ccccc2)cc1OC. The minimum Gasteiger partial charge on any atom is -0.493 e. The molecule has 2 rings (SSSR count). The minimum absolute atomic E-state index is 0.179. The molecule has 0 fully saturated rings. The van der Waals surface area contributed by atoms with Gasteiger partial charge in [0.25, 0.3) is 0 Å². The van der Waals surface area contributed by atoms with Gasteiger partial charge in [-0.15, -0.1) is 0 Å². The van der Waals surface area contributed by atoms with E-state index in [9.17, 15) is 4.79 Å². The molecule has 114 valence electrons. The summed E-state index contributed by atoms with van der Waals surface area (Å²) in [5.74, 6) is 0.857. The Kier molecular flexibility index (Phi) is 5.60. The highest BCUT2D eigenvalue weighted by Crippen LogP contribution is 2.27. The number of methoxy groups -OCH3 is 2. The Morgan fingerprint density at radius 2 is 1.73 bits per heavy atom. The van der Waals surface area contributed by atoms with E-state index in [1.165, 1.54) is 6.08 Å². The van der Waals surface area contributed by atoms with Gasteiger partial charge in [0.2, 0.25) is 0 Å². The molecule has 0 aliphatic heterocycles. The molecule has 0 radical (unpaired) electrons. The van der Waals surface area contributed by atoms with Gasteiger partial charge in [-0.25, -0.2) is 4.79 Å². The van der Waals surface area contributed by atoms with Crippen LogP contribution in [0, 0.1) is 0 Å². The lowest BCUT2D eigenvalue weighted by Crippen LogP contribution is -2.01. The predicted molar refractivity (Wildman–Crippen MR) is 84.8 cm³/mol. The quantitative estimate of drug-likeness (QED) is 0.605. The standard InChI is InChI=1S/C18H18O4/c1-20-16-10-8-15(12-17(16)21-2)13-22-18(19)11-9-14-6-4-3-5-7-14/h3-12H,13H2,1-2H3/b11-9+. The highest BCUT2D eigenvalue weighted by molar-refractivity contribution is 5.87. The number of hydrogen-bond donors (Lipinski definition) is 0. The fourth-order valence-electron chi connectivity index (χ4n) is 1.90. The van der Waals surface area contributed by atoms with Gasteiger partial charge in [-0.05, 0) is 29.3 Å². The number of carbonyl (C=O) groups excluding carboxylic acids is 1. The van der Waals surface area contributed by atoms with Crippen LogP contribution in [0.5, 0.6) is 11.5 Å². The molecule has 4 heteroatoms. The second-order valence-corrected chi connectivity index (χ2v) is 4.54. The normalized spacial score (nSPS) is 10.5. The molecule has 0 unspecified atom stereocenters. The number of benzene rings is 2. The van der Waals surface area contributed by atoms with Gasteiger partial charge < -0.3 is 14.2 Å². The molecule has 0 amide bonds. The lowest BCUT2D eigenvalue weighted by atomic mass is 10.2. The lowest BCUT2D eigenvalue weighted by molar-refractivity contribution is -0.138. The maximum atomic E-state index is 11.7. The van der Waals surface area contributed by atoms with E-state index in [2.05, 4.69) is 0 Å². The molecule has 0 aromatic heterocycles. The van der Waals surface area contributed by atoms with E-state index in [0.717, 1.165) is 11.1 Å². The van der Waals surface area contributed by atoms with Crippen LogP contribution in [0.2, 0.25) is 0 Å². The summed E-state index contributed by atoms with van der Waals surface area (Å²) in [5.41, 5.74) is 1.78. The largest absolute Gasteiger partial charge is 0.493 e. The average Bonchev–Trinajstić information content (AvgIpc) is 2.58. The number of carbonyl (C=O) groups is 1. The third kappa shape index (κ3) is 4.38. The predicted octanol–water partition coefficient (Wildman–Crippen LogP) is 3.46. The van der Waals surface area contributed by atoms with Gasteiger partial charge in [0.15, 0.2) is 11.5 Å². The van der Waals surface area contributed by atoms with Crippen LogP contribution in [-0.4, -0.2) is 20.2 Å². The zero-order valence-electron chi connectivity index (χ0n) is 12.6. The van der Waals surface area contributed by atoms with Crippen molar-refractivity contribution in [3.63, 3.8) is 0 Å². The van der Waals surface area contributed by atoms with Crippen molar-refractivity contribution in [1.82, 2.24) is 0 Å². The van der Waals surface area contributed by atoms with E-state index in [4.69, 9.17) is 14.2 Å². The van der Waals surface area contributed by atoms with Crippen molar-refractivity contribution in [1.29, 1.82) is 0 Å². The molecule has 22 heavy (non-hydrogen) atoms. The van der Waals surface area contributed by atoms with E-state index >= 15 is 0 Å². The highest BCUT2D eigenvalue weighted by atomic mass is 16.5. The van der Waals surface area contributed by atoms with Gasteiger partial charge in [0.1, 0.15) is 6.61 Å². The number of rotatable bonds is 6. The Balaban J connectivity index is 1.92. The van der Waals surface area contributed by atoms with Crippen LogP contribution in [0.3, 0.4) is 0 Å². The fourth-order valence-corrected chi connectivity index (χ4v) is 1.90. The molecule has 0 N–H and O–H groups in total. The van der Waals surface area contributed by atoms with Gasteiger partial charge in [0.05, 0.1) is 14.2 Å². The third-order valence-corrected chi connectivity index (χ3v) is 3.04. The van der Waals surface area contributed by atoms with Crippen molar-refractivity contribution < 1.29 is 19.0 Å². The number of esters is 1. The first kappa shape index (κ1) is 15.6. The van der Waals surface area contributed by atoms with Crippen LogP contribution in [0.1, 0.15) is 11.1 Å². The first-order valence-electron chi connectivity index (χ1n) is 6.83. The smallest absolute Gasteiger partial charge is 0.331 e. The highest BCUT2D eigenvalue weighted by Gasteiger charge is 2.06. The van der Waals surface area contributed by atoms with Crippen LogP contribution in [0.15, 0.2) is 54.6 Å². The summed E-state index contributed by atoms with van der Waals surface area (Å²) >= 11 is 0. The molecule has 4 nitrogen and oxygen atoms in total. The fraction of sp³-hybridized carbons (Fsp3) is 0.167. The molecule has 0 bridgehead atoms. The van der Waals surface area contributed by atoms with E-state index in [0.29, 0.717) is 11.5 Å². The van der Waals surface area contributed by atoms with Crippen LogP contribution < -0.4 is 9.47 Å². The summed E-state index contributed by atoms with van der Waals surface area (Å²) in [6.45, 7) is 0.179. The third-order valence-electron chi connectivity index (χ3n) is 3.04. The van der Waals surface area contributed by atoms with E-state index in [1.807, 2.05) is 36.4 Å². The van der Waals surface area contributed by atoms with Crippen LogP contribution in [-0.2, 0) is 16.1 Å². The van der Waals surface area contributed by atoms with Gasteiger partial charge in [-0.2, -0.15) is 0 Å². The number of hydrogen-bond acceptors (Lipinski definition) is 4. The maximum absolute atomic E-state index is 11.7. The Labute approximate surface area is 129 Å². The monoisotopic (exact) mass is 298 g/mol. The van der Waals surface area contributed by atoms with Gasteiger partial charge in [0, 0.05) is 6.08 Å². The topological polar surface area (TPSA) is 44.8 Å². The Hall–Kier alpha value is -2.75. The Morgan fingerprint density at radius 3 is 2.41 bits per heavy atom. The van der Waals surface area contributed by atoms with Crippen molar-refractivity contribution in [2.75, 3.05) is 14.2 Å². The first-order valence-corrected chi connectivity index (χ1v) is 6.83. The van der Waals surface area contributed by atoms with Crippen molar-refractivity contribution in [3.05, 3.63) is 65.7 Å². The molecule has 0 atom stereocenters. The van der Waals surface area contributed by atoms with Gasteiger partial charge in [-0.3, -0.25) is 0 Å². The average molecular weight is 298 g/mol. The molecular weight excluding hydrogens is 280 g/mol. The van der Waals surface area contributed by atoms with E-state index in [-0.39, 0.29) is 6.61 Å². The van der Waals surface area contributed by atoms with Crippen molar-refractivity contribution >= 4 is 12.0 Å². The minimum atomic E-state index is -0.390. The Morgan fingerprint density at radius 1 is 1.00 bits per heavy atom.